The van der Waals surface area contributed by atoms with E-state index in [1.54, 1.807) is 6.07 Å². The van der Waals surface area contributed by atoms with E-state index >= 15 is 0 Å². The van der Waals surface area contributed by atoms with Crippen molar-refractivity contribution in [1.82, 2.24) is 0 Å². The molecular weight excluding hydrogens is 272 g/mol. The number of carboxylic acids is 1. The van der Waals surface area contributed by atoms with Crippen LogP contribution in [-0.2, 0) is 4.74 Å². The summed E-state index contributed by atoms with van der Waals surface area (Å²) < 4.78 is 16.7. The van der Waals surface area contributed by atoms with Gasteiger partial charge in [0, 0.05) is 6.61 Å². The van der Waals surface area contributed by atoms with Crippen molar-refractivity contribution in [2.24, 2.45) is 0 Å². The second kappa shape index (κ2) is 7.88. The van der Waals surface area contributed by atoms with Gasteiger partial charge in [0.15, 0.2) is 11.5 Å². The minimum atomic E-state index is -0.971. The highest BCUT2D eigenvalue weighted by Gasteiger charge is 2.15. The molecule has 5 nitrogen and oxygen atoms in total. The van der Waals surface area contributed by atoms with E-state index in [0.29, 0.717) is 30.8 Å². The Bertz CT molecular complexity index is 466. The average molecular weight is 294 g/mol. The summed E-state index contributed by atoms with van der Waals surface area (Å²) >= 11 is 0. The molecule has 1 atom stereocenters. The van der Waals surface area contributed by atoms with E-state index in [2.05, 4.69) is 0 Å². The Balaban J connectivity index is 1.87. The fourth-order valence-corrected chi connectivity index (χ4v) is 2.39. The predicted molar refractivity (Wildman–Crippen MR) is 78.3 cm³/mol. The summed E-state index contributed by atoms with van der Waals surface area (Å²) in [4.78, 5) is 11.0. The molecule has 0 aliphatic carbocycles. The number of hydrogen-bond donors (Lipinski definition) is 1. The smallest absolute Gasteiger partial charge is 0.335 e. The van der Waals surface area contributed by atoms with Crippen LogP contribution in [0.15, 0.2) is 18.2 Å². The second-order valence-corrected chi connectivity index (χ2v) is 5.03. The molecular formula is C16H22O5. The fraction of sp³-hybridized carbons (Fsp3) is 0.562. The summed E-state index contributed by atoms with van der Waals surface area (Å²) in [6.45, 7) is 3.77. The lowest BCUT2D eigenvalue weighted by molar-refractivity contribution is 0.0696. The normalized spacial score (nSPS) is 17.7. The summed E-state index contributed by atoms with van der Waals surface area (Å²) in [5, 5.41) is 8.99. The first-order valence-corrected chi connectivity index (χ1v) is 7.45. The molecule has 1 unspecified atom stereocenters. The quantitative estimate of drug-likeness (QED) is 0.746. The van der Waals surface area contributed by atoms with Crippen molar-refractivity contribution in [3.05, 3.63) is 23.8 Å². The van der Waals surface area contributed by atoms with Crippen LogP contribution in [0, 0.1) is 0 Å². The number of hydrogen-bond acceptors (Lipinski definition) is 4. The topological polar surface area (TPSA) is 65.0 Å². The monoisotopic (exact) mass is 294 g/mol. The van der Waals surface area contributed by atoms with Crippen molar-refractivity contribution < 1.29 is 24.1 Å². The number of aromatic carboxylic acids is 1. The van der Waals surface area contributed by atoms with E-state index in [1.807, 2.05) is 6.92 Å². The van der Waals surface area contributed by atoms with E-state index in [0.717, 1.165) is 32.3 Å². The molecule has 1 aliphatic rings. The Morgan fingerprint density at radius 2 is 2.24 bits per heavy atom. The average Bonchev–Trinajstić information content (AvgIpc) is 2.98. The first-order chi connectivity index (χ1) is 10.2. The molecule has 116 valence electrons. The molecule has 1 saturated heterocycles. The van der Waals surface area contributed by atoms with Crippen LogP contribution < -0.4 is 9.47 Å². The van der Waals surface area contributed by atoms with Crippen LogP contribution in [0.25, 0.3) is 0 Å². The third-order valence-electron chi connectivity index (χ3n) is 3.44. The zero-order valence-electron chi connectivity index (χ0n) is 12.3. The number of ether oxygens (including phenoxy) is 3. The number of rotatable bonds is 8. The molecule has 0 radical (unpaired) electrons. The van der Waals surface area contributed by atoms with Crippen LogP contribution in [0.5, 0.6) is 11.5 Å². The van der Waals surface area contributed by atoms with Gasteiger partial charge in [0.05, 0.1) is 24.9 Å². The SMILES string of the molecule is CCOc1cc(C(=O)O)ccc1OCCCC1CCCO1. The van der Waals surface area contributed by atoms with Crippen molar-refractivity contribution in [3.8, 4) is 11.5 Å². The number of carboxylic acid groups (broad SMARTS) is 1. The molecule has 0 spiro atoms. The maximum Gasteiger partial charge on any atom is 0.335 e. The Morgan fingerprint density at radius 1 is 1.38 bits per heavy atom. The molecule has 0 bridgehead atoms. The van der Waals surface area contributed by atoms with Crippen molar-refractivity contribution in [2.75, 3.05) is 19.8 Å². The lowest BCUT2D eigenvalue weighted by Gasteiger charge is -2.13. The fourth-order valence-electron chi connectivity index (χ4n) is 2.39. The lowest BCUT2D eigenvalue weighted by Crippen LogP contribution is -2.08. The molecule has 0 saturated carbocycles. The minimum absolute atomic E-state index is 0.199. The minimum Gasteiger partial charge on any atom is -0.490 e. The van der Waals surface area contributed by atoms with Crippen LogP contribution in [0.2, 0.25) is 0 Å². The van der Waals surface area contributed by atoms with Gasteiger partial charge in [-0.2, -0.15) is 0 Å². The van der Waals surface area contributed by atoms with E-state index in [1.165, 1.54) is 12.1 Å². The van der Waals surface area contributed by atoms with Crippen molar-refractivity contribution in [1.29, 1.82) is 0 Å². The second-order valence-electron chi connectivity index (χ2n) is 5.03. The molecule has 1 N–H and O–H groups in total. The molecule has 21 heavy (non-hydrogen) atoms. The number of benzene rings is 1. The molecule has 5 heteroatoms. The van der Waals surface area contributed by atoms with Gasteiger partial charge in [0.1, 0.15) is 0 Å². The van der Waals surface area contributed by atoms with Gasteiger partial charge in [-0.1, -0.05) is 0 Å². The Morgan fingerprint density at radius 3 is 2.90 bits per heavy atom. The van der Waals surface area contributed by atoms with Gasteiger partial charge in [0.25, 0.3) is 0 Å². The third-order valence-corrected chi connectivity index (χ3v) is 3.44. The number of carbonyl (C=O) groups is 1. The molecule has 1 aromatic rings. The van der Waals surface area contributed by atoms with Crippen LogP contribution in [0.3, 0.4) is 0 Å². The summed E-state index contributed by atoms with van der Waals surface area (Å²) in [5.74, 6) is 0.101. The summed E-state index contributed by atoms with van der Waals surface area (Å²) in [6, 6.07) is 4.68. The van der Waals surface area contributed by atoms with Crippen molar-refractivity contribution in [3.63, 3.8) is 0 Å². The highest BCUT2D eigenvalue weighted by molar-refractivity contribution is 5.88. The van der Waals surface area contributed by atoms with Gasteiger partial charge in [-0.3, -0.25) is 0 Å². The zero-order valence-corrected chi connectivity index (χ0v) is 12.3. The molecule has 0 amide bonds. The lowest BCUT2D eigenvalue weighted by atomic mass is 10.1. The molecule has 1 aliphatic heterocycles. The van der Waals surface area contributed by atoms with Crippen molar-refractivity contribution >= 4 is 5.97 Å². The molecule has 1 fully saturated rings. The largest absolute Gasteiger partial charge is 0.490 e. The maximum absolute atomic E-state index is 11.0. The first-order valence-electron chi connectivity index (χ1n) is 7.45. The van der Waals surface area contributed by atoms with Gasteiger partial charge in [-0.15, -0.1) is 0 Å². The van der Waals surface area contributed by atoms with Crippen LogP contribution in [-0.4, -0.2) is 37.0 Å². The maximum atomic E-state index is 11.0. The van der Waals surface area contributed by atoms with Gasteiger partial charge in [0.2, 0.25) is 0 Å². The van der Waals surface area contributed by atoms with Gasteiger partial charge < -0.3 is 19.3 Å². The Labute approximate surface area is 124 Å². The zero-order chi connectivity index (χ0) is 15.1. The summed E-state index contributed by atoms with van der Waals surface area (Å²) in [6.07, 6.45) is 4.57. The molecule has 1 aromatic carbocycles. The third kappa shape index (κ3) is 4.63. The first kappa shape index (κ1) is 15.6. The van der Waals surface area contributed by atoms with Crippen molar-refractivity contribution in [2.45, 2.75) is 38.7 Å². The molecule has 1 heterocycles. The van der Waals surface area contributed by atoms with Crippen LogP contribution >= 0.6 is 0 Å². The van der Waals surface area contributed by atoms with E-state index in [4.69, 9.17) is 19.3 Å². The summed E-state index contributed by atoms with van der Waals surface area (Å²) in [7, 11) is 0. The van der Waals surface area contributed by atoms with E-state index in [9.17, 15) is 4.79 Å². The van der Waals surface area contributed by atoms with Gasteiger partial charge in [-0.05, 0) is 50.8 Å². The standard InChI is InChI=1S/C16H22O5/c1-2-19-15-11-12(16(17)18)7-8-14(15)21-10-4-6-13-5-3-9-20-13/h7-8,11,13H,2-6,9-10H2,1H3,(H,17,18). The predicted octanol–water partition coefficient (Wildman–Crippen LogP) is 3.12. The highest BCUT2D eigenvalue weighted by Crippen LogP contribution is 2.29. The molecule has 2 rings (SSSR count). The van der Waals surface area contributed by atoms with E-state index < -0.39 is 5.97 Å². The van der Waals surface area contributed by atoms with Crippen LogP contribution in [0.4, 0.5) is 0 Å². The van der Waals surface area contributed by atoms with Gasteiger partial charge in [-0.25, -0.2) is 4.79 Å². The van der Waals surface area contributed by atoms with E-state index in [-0.39, 0.29) is 5.56 Å². The Kier molecular flexibility index (Phi) is 5.87. The van der Waals surface area contributed by atoms with Gasteiger partial charge >= 0.3 is 5.97 Å². The highest BCUT2D eigenvalue weighted by atomic mass is 16.5. The van der Waals surface area contributed by atoms with Crippen LogP contribution in [0.1, 0.15) is 43.0 Å². The molecule has 0 aromatic heterocycles. The summed E-state index contributed by atoms with van der Waals surface area (Å²) in [5.41, 5.74) is 0.199. The Hall–Kier alpha value is -1.75.